The fourth-order valence-corrected chi connectivity index (χ4v) is 2.66. The van der Waals surface area contributed by atoms with Gasteiger partial charge in [-0.25, -0.2) is 13.5 Å². The summed E-state index contributed by atoms with van der Waals surface area (Å²) in [5, 5.41) is 5.25. The molecule has 21 heavy (non-hydrogen) atoms. The van der Waals surface area contributed by atoms with E-state index in [1.54, 1.807) is 24.3 Å². The SMILES string of the molecule is O=c1c2ccccc2c(Br)nn1Cc1cc(F)ccc1F. The summed E-state index contributed by atoms with van der Waals surface area (Å²) in [6.07, 6.45) is 0. The maximum atomic E-state index is 13.7. The molecule has 0 aliphatic carbocycles. The Labute approximate surface area is 127 Å². The molecule has 2 aromatic carbocycles. The molecule has 6 heteroatoms. The predicted molar refractivity (Wildman–Crippen MR) is 79.2 cm³/mol. The fraction of sp³-hybridized carbons (Fsp3) is 0.0667. The molecule has 3 aromatic rings. The van der Waals surface area contributed by atoms with Gasteiger partial charge in [-0.2, -0.15) is 5.10 Å². The van der Waals surface area contributed by atoms with Crippen LogP contribution in [0, 0.1) is 11.6 Å². The van der Waals surface area contributed by atoms with E-state index in [1.165, 1.54) is 0 Å². The van der Waals surface area contributed by atoms with E-state index in [0.717, 1.165) is 22.9 Å². The summed E-state index contributed by atoms with van der Waals surface area (Å²) in [5.41, 5.74) is -0.274. The highest BCUT2D eigenvalue weighted by molar-refractivity contribution is 9.10. The second-order valence-electron chi connectivity index (χ2n) is 4.53. The van der Waals surface area contributed by atoms with Crippen molar-refractivity contribution >= 4 is 26.7 Å². The van der Waals surface area contributed by atoms with Crippen LogP contribution in [0.15, 0.2) is 51.9 Å². The van der Waals surface area contributed by atoms with Gasteiger partial charge in [0.1, 0.15) is 16.2 Å². The molecule has 0 unspecified atom stereocenters. The van der Waals surface area contributed by atoms with Crippen LogP contribution in [0.2, 0.25) is 0 Å². The van der Waals surface area contributed by atoms with Crippen LogP contribution in [0.3, 0.4) is 0 Å². The minimum Gasteiger partial charge on any atom is -0.267 e. The second-order valence-corrected chi connectivity index (χ2v) is 5.29. The highest BCUT2D eigenvalue weighted by atomic mass is 79.9. The lowest BCUT2D eigenvalue weighted by atomic mass is 10.2. The summed E-state index contributed by atoms with van der Waals surface area (Å²) in [6.45, 7) is -0.133. The van der Waals surface area contributed by atoms with Gasteiger partial charge in [-0.3, -0.25) is 4.79 Å². The Morgan fingerprint density at radius 2 is 1.81 bits per heavy atom. The lowest BCUT2D eigenvalue weighted by molar-refractivity contribution is 0.557. The molecule has 0 bridgehead atoms. The molecular weight excluding hydrogens is 342 g/mol. The lowest BCUT2D eigenvalue weighted by Crippen LogP contribution is -2.24. The Bertz CT molecular complexity index is 892. The Morgan fingerprint density at radius 1 is 1.10 bits per heavy atom. The van der Waals surface area contributed by atoms with Crippen molar-refractivity contribution in [3.8, 4) is 0 Å². The molecule has 0 spiro atoms. The van der Waals surface area contributed by atoms with Crippen molar-refractivity contribution in [2.45, 2.75) is 6.54 Å². The topological polar surface area (TPSA) is 34.9 Å². The van der Waals surface area contributed by atoms with Gasteiger partial charge >= 0.3 is 0 Å². The summed E-state index contributed by atoms with van der Waals surface area (Å²) in [5.74, 6) is -1.13. The molecule has 1 aromatic heterocycles. The zero-order valence-corrected chi connectivity index (χ0v) is 12.3. The standard InChI is InChI=1S/C15H9BrF2N2O/c16-14-11-3-1-2-4-12(11)15(21)20(19-14)8-9-7-10(17)5-6-13(9)18/h1-7H,8H2. The maximum Gasteiger partial charge on any atom is 0.275 e. The van der Waals surface area contributed by atoms with Crippen molar-refractivity contribution in [1.29, 1.82) is 0 Å². The summed E-state index contributed by atoms with van der Waals surface area (Å²) in [4.78, 5) is 12.3. The first-order chi connectivity index (χ1) is 10.1. The zero-order valence-electron chi connectivity index (χ0n) is 10.7. The van der Waals surface area contributed by atoms with Crippen LogP contribution in [0.4, 0.5) is 8.78 Å². The minimum absolute atomic E-state index is 0.0757. The molecule has 0 fully saturated rings. The third kappa shape index (κ3) is 2.58. The first kappa shape index (κ1) is 13.9. The van der Waals surface area contributed by atoms with E-state index < -0.39 is 11.6 Å². The second kappa shape index (κ2) is 5.37. The van der Waals surface area contributed by atoms with Crippen molar-refractivity contribution in [3.05, 3.63) is 74.6 Å². The Balaban J connectivity index is 2.15. The molecule has 0 amide bonds. The number of aromatic nitrogens is 2. The van der Waals surface area contributed by atoms with Crippen LogP contribution < -0.4 is 5.56 Å². The monoisotopic (exact) mass is 350 g/mol. The molecule has 0 saturated heterocycles. The van der Waals surface area contributed by atoms with Crippen LogP contribution in [0.1, 0.15) is 5.56 Å². The fourth-order valence-electron chi connectivity index (χ4n) is 2.13. The number of rotatable bonds is 2. The van der Waals surface area contributed by atoms with Crippen LogP contribution in [-0.2, 0) is 6.54 Å². The lowest BCUT2D eigenvalue weighted by Gasteiger charge is -2.08. The molecule has 3 nitrogen and oxygen atoms in total. The van der Waals surface area contributed by atoms with E-state index in [0.29, 0.717) is 15.4 Å². The number of hydrogen-bond acceptors (Lipinski definition) is 2. The van der Waals surface area contributed by atoms with E-state index in [4.69, 9.17) is 0 Å². The molecule has 0 saturated carbocycles. The normalized spacial score (nSPS) is 11.0. The van der Waals surface area contributed by atoms with Crippen molar-refractivity contribution < 1.29 is 8.78 Å². The molecule has 0 N–H and O–H groups in total. The quantitative estimate of drug-likeness (QED) is 0.709. The van der Waals surface area contributed by atoms with Crippen LogP contribution in [0.25, 0.3) is 10.8 Å². The van der Waals surface area contributed by atoms with Gasteiger partial charge in [0.15, 0.2) is 0 Å². The molecule has 3 rings (SSSR count). The summed E-state index contributed by atoms with van der Waals surface area (Å²) in [6, 6.07) is 10.1. The third-order valence-corrected chi connectivity index (χ3v) is 3.74. The van der Waals surface area contributed by atoms with Crippen molar-refractivity contribution in [2.75, 3.05) is 0 Å². The maximum absolute atomic E-state index is 13.7. The zero-order chi connectivity index (χ0) is 15.0. The van der Waals surface area contributed by atoms with Gasteiger partial charge in [0, 0.05) is 10.9 Å². The van der Waals surface area contributed by atoms with Crippen LogP contribution >= 0.6 is 15.9 Å². The average molecular weight is 351 g/mol. The van der Waals surface area contributed by atoms with Crippen LogP contribution in [-0.4, -0.2) is 9.78 Å². The van der Waals surface area contributed by atoms with E-state index in [1.807, 2.05) is 0 Å². The Kier molecular flexibility index (Phi) is 3.55. The Hall–Kier alpha value is -2.08. The van der Waals surface area contributed by atoms with Gasteiger partial charge in [0.25, 0.3) is 5.56 Å². The van der Waals surface area contributed by atoms with Crippen molar-refractivity contribution in [2.24, 2.45) is 0 Å². The minimum atomic E-state index is -0.575. The van der Waals surface area contributed by atoms with Gasteiger partial charge in [0.05, 0.1) is 11.9 Å². The molecule has 1 heterocycles. The molecule has 0 aliphatic rings. The first-order valence-electron chi connectivity index (χ1n) is 6.15. The van der Waals surface area contributed by atoms with E-state index in [9.17, 15) is 13.6 Å². The number of fused-ring (bicyclic) bond motifs is 1. The van der Waals surface area contributed by atoms with Crippen LogP contribution in [0.5, 0.6) is 0 Å². The average Bonchev–Trinajstić information content (AvgIpc) is 2.48. The highest BCUT2D eigenvalue weighted by Crippen LogP contribution is 2.19. The van der Waals surface area contributed by atoms with E-state index in [2.05, 4.69) is 21.0 Å². The predicted octanol–water partition coefficient (Wildman–Crippen LogP) is 3.49. The smallest absolute Gasteiger partial charge is 0.267 e. The van der Waals surface area contributed by atoms with Crippen molar-refractivity contribution in [3.63, 3.8) is 0 Å². The molecule has 0 radical (unpaired) electrons. The molecule has 0 aliphatic heterocycles. The number of halogens is 3. The summed E-state index contributed by atoms with van der Waals surface area (Å²) >= 11 is 3.29. The largest absolute Gasteiger partial charge is 0.275 e. The third-order valence-electron chi connectivity index (χ3n) is 3.15. The first-order valence-corrected chi connectivity index (χ1v) is 6.95. The highest BCUT2D eigenvalue weighted by Gasteiger charge is 2.11. The summed E-state index contributed by atoms with van der Waals surface area (Å²) < 4.78 is 28.5. The van der Waals surface area contributed by atoms with E-state index >= 15 is 0 Å². The van der Waals surface area contributed by atoms with Gasteiger partial charge in [-0.15, -0.1) is 0 Å². The van der Waals surface area contributed by atoms with E-state index in [-0.39, 0.29) is 17.7 Å². The van der Waals surface area contributed by atoms with Crippen molar-refractivity contribution in [1.82, 2.24) is 9.78 Å². The molecule has 0 atom stereocenters. The van der Waals surface area contributed by atoms with Gasteiger partial charge < -0.3 is 0 Å². The van der Waals surface area contributed by atoms with Gasteiger partial charge in [0.2, 0.25) is 0 Å². The number of hydrogen-bond donors (Lipinski definition) is 0. The number of benzene rings is 2. The Morgan fingerprint density at radius 3 is 2.57 bits per heavy atom. The van der Waals surface area contributed by atoms with Gasteiger partial charge in [-0.05, 0) is 40.2 Å². The molecule has 106 valence electrons. The summed E-state index contributed by atoms with van der Waals surface area (Å²) in [7, 11) is 0. The number of nitrogens with zero attached hydrogens (tertiary/aromatic N) is 2. The molecular formula is C15H9BrF2N2O. The van der Waals surface area contributed by atoms with Gasteiger partial charge in [-0.1, -0.05) is 18.2 Å².